The van der Waals surface area contributed by atoms with Gasteiger partial charge in [0.1, 0.15) is 11.8 Å². The lowest BCUT2D eigenvalue weighted by Crippen LogP contribution is -2.43. The molecule has 0 aliphatic heterocycles. The van der Waals surface area contributed by atoms with E-state index < -0.39 is 6.04 Å². The van der Waals surface area contributed by atoms with Gasteiger partial charge >= 0.3 is 0 Å². The third-order valence-electron chi connectivity index (χ3n) is 4.35. The van der Waals surface area contributed by atoms with Crippen molar-refractivity contribution in [3.63, 3.8) is 0 Å². The Morgan fingerprint density at radius 1 is 1.08 bits per heavy atom. The van der Waals surface area contributed by atoms with Crippen LogP contribution in [0, 0.1) is 0 Å². The molecule has 2 unspecified atom stereocenters. The number of phenols is 1. The zero-order chi connectivity index (χ0) is 19.1. The molecule has 2 aromatic carbocycles. The maximum absolute atomic E-state index is 12.5. The summed E-state index contributed by atoms with van der Waals surface area (Å²) in [6.45, 7) is 2.08. The van der Waals surface area contributed by atoms with Crippen LogP contribution in [0.5, 0.6) is 5.75 Å². The number of nitrogens with zero attached hydrogens (tertiary/aromatic N) is 1. The highest BCUT2D eigenvalue weighted by Crippen LogP contribution is 2.22. The van der Waals surface area contributed by atoms with E-state index in [2.05, 4.69) is 10.6 Å². The number of likely N-dealkylation sites (N-methyl/N-ethyl adjacent to an activating group) is 2. The second-order valence-corrected chi connectivity index (χ2v) is 6.21. The van der Waals surface area contributed by atoms with E-state index in [0.29, 0.717) is 0 Å². The predicted molar refractivity (Wildman–Crippen MR) is 101 cm³/mol. The molecule has 2 rings (SSSR count). The summed E-state index contributed by atoms with van der Waals surface area (Å²) in [5.41, 5.74) is 1.63. The van der Waals surface area contributed by atoms with Crippen LogP contribution in [0.3, 0.4) is 0 Å². The number of phenolic OH excluding ortho intramolecular Hbond substituents is 1. The van der Waals surface area contributed by atoms with Crippen molar-refractivity contribution < 1.29 is 14.7 Å². The van der Waals surface area contributed by atoms with Gasteiger partial charge in [-0.15, -0.1) is 0 Å². The van der Waals surface area contributed by atoms with E-state index in [1.54, 1.807) is 37.4 Å². The van der Waals surface area contributed by atoms with Gasteiger partial charge in [0, 0.05) is 13.1 Å². The largest absolute Gasteiger partial charge is 0.508 e. The van der Waals surface area contributed by atoms with Gasteiger partial charge in [0.25, 0.3) is 0 Å². The van der Waals surface area contributed by atoms with Gasteiger partial charge in [-0.05, 0) is 37.2 Å². The van der Waals surface area contributed by atoms with Gasteiger partial charge in [-0.25, -0.2) is 0 Å². The summed E-state index contributed by atoms with van der Waals surface area (Å²) < 4.78 is 0. The Hall–Kier alpha value is -2.86. The number of nitrogens with one attached hydrogen (secondary N) is 2. The Morgan fingerprint density at radius 2 is 1.73 bits per heavy atom. The highest BCUT2D eigenvalue weighted by Gasteiger charge is 2.23. The van der Waals surface area contributed by atoms with Crippen molar-refractivity contribution in [3.8, 4) is 5.75 Å². The van der Waals surface area contributed by atoms with Crippen LogP contribution in [0.15, 0.2) is 54.6 Å². The molecule has 6 heteroatoms. The Kier molecular flexibility index (Phi) is 6.74. The summed E-state index contributed by atoms with van der Waals surface area (Å²) in [5, 5.41) is 15.0. The highest BCUT2D eigenvalue weighted by atomic mass is 16.3. The number of aromatic hydroxyl groups is 1. The molecule has 0 saturated carbocycles. The van der Waals surface area contributed by atoms with Gasteiger partial charge in [-0.2, -0.15) is 0 Å². The number of hydrogen-bond acceptors (Lipinski definition) is 4. The van der Waals surface area contributed by atoms with E-state index in [0.717, 1.165) is 11.1 Å². The summed E-state index contributed by atoms with van der Waals surface area (Å²) >= 11 is 0. The van der Waals surface area contributed by atoms with Gasteiger partial charge in [0.15, 0.2) is 0 Å². The van der Waals surface area contributed by atoms with Crippen molar-refractivity contribution in [1.82, 2.24) is 15.5 Å². The second kappa shape index (κ2) is 9.01. The molecule has 6 nitrogen and oxygen atoms in total. The third kappa shape index (κ3) is 5.07. The van der Waals surface area contributed by atoms with Crippen LogP contribution in [0.4, 0.5) is 0 Å². The fraction of sp³-hybridized carbons (Fsp3) is 0.300. The lowest BCUT2D eigenvalue weighted by atomic mass is 10.1. The van der Waals surface area contributed by atoms with Crippen molar-refractivity contribution in [2.24, 2.45) is 0 Å². The molecule has 0 aliphatic carbocycles. The van der Waals surface area contributed by atoms with E-state index in [1.807, 2.05) is 43.1 Å². The molecule has 2 aromatic rings. The van der Waals surface area contributed by atoms with Crippen molar-refractivity contribution in [2.75, 3.05) is 20.6 Å². The number of rotatable bonds is 7. The topological polar surface area (TPSA) is 81.7 Å². The number of carbonyl (C=O) groups is 2. The predicted octanol–water partition coefficient (Wildman–Crippen LogP) is 1.99. The average molecular weight is 355 g/mol. The van der Waals surface area contributed by atoms with Crippen LogP contribution in [0.1, 0.15) is 30.1 Å². The molecule has 2 amide bonds. The van der Waals surface area contributed by atoms with E-state index in [9.17, 15) is 14.7 Å². The number of amides is 2. The Bertz CT molecular complexity index is 749. The molecular formula is C20H25N3O3. The van der Waals surface area contributed by atoms with E-state index >= 15 is 0 Å². The lowest BCUT2D eigenvalue weighted by Gasteiger charge is -2.26. The maximum Gasteiger partial charge on any atom is 0.246 e. The molecule has 0 heterocycles. The van der Waals surface area contributed by atoms with E-state index in [4.69, 9.17) is 0 Å². The van der Waals surface area contributed by atoms with Gasteiger partial charge in [-0.1, -0.05) is 42.5 Å². The van der Waals surface area contributed by atoms with E-state index in [-0.39, 0.29) is 30.2 Å². The molecule has 138 valence electrons. The van der Waals surface area contributed by atoms with Gasteiger partial charge in [0.05, 0.1) is 6.54 Å². The summed E-state index contributed by atoms with van der Waals surface area (Å²) in [6.07, 6.45) is 0. The molecule has 26 heavy (non-hydrogen) atoms. The minimum atomic E-state index is -0.738. The maximum atomic E-state index is 12.5. The quantitative estimate of drug-likeness (QED) is 0.709. The number of benzene rings is 2. The van der Waals surface area contributed by atoms with Crippen LogP contribution in [0.2, 0.25) is 0 Å². The lowest BCUT2D eigenvalue weighted by molar-refractivity contribution is -0.129. The van der Waals surface area contributed by atoms with Crippen LogP contribution < -0.4 is 10.6 Å². The molecule has 0 saturated heterocycles. The fourth-order valence-corrected chi connectivity index (χ4v) is 2.70. The van der Waals surface area contributed by atoms with Crippen LogP contribution in [-0.4, -0.2) is 42.5 Å². The van der Waals surface area contributed by atoms with Crippen LogP contribution in [0.25, 0.3) is 0 Å². The van der Waals surface area contributed by atoms with Crippen molar-refractivity contribution in [3.05, 3.63) is 65.7 Å². The molecule has 0 aromatic heterocycles. The minimum absolute atomic E-state index is 0.0666. The van der Waals surface area contributed by atoms with Crippen molar-refractivity contribution >= 4 is 11.8 Å². The monoisotopic (exact) mass is 355 g/mol. The molecular weight excluding hydrogens is 330 g/mol. The van der Waals surface area contributed by atoms with Crippen LogP contribution >= 0.6 is 0 Å². The molecule has 0 spiro atoms. The summed E-state index contributed by atoms with van der Waals surface area (Å²) in [5.74, 6) is -0.332. The molecule has 0 bridgehead atoms. The molecule has 0 radical (unpaired) electrons. The normalized spacial score (nSPS) is 13.1. The molecule has 0 aliphatic rings. The van der Waals surface area contributed by atoms with Crippen molar-refractivity contribution in [1.29, 1.82) is 0 Å². The summed E-state index contributed by atoms with van der Waals surface area (Å²) in [4.78, 5) is 26.5. The Morgan fingerprint density at radius 3 is 2.35 bits per heavy atom. The van der Waals surface area contributed by atoms with Gasteiger partial charge in [0.2, 0.25) is 11.8 Å². The number of hydrogen-bond donors (Lipinski definition) is 3. The molecule has 2 atom stereocenters. The Balaban J connectivity index is 2.04. The average Bonchev–Trinajstić information content (AvgIpc) is 2.65. The fourth-order valence-electron chi connectivity index (χ4n) is 2.70. The Labute approximate surface area is 153 Å². The smallest absolute Gasteiger partial charge is 0.246 e. The summed E-state index contributed by atoms with van der Waals surface area (Å²) in [6, 6.07) is 15.3. The highest BCUT2D eigenvalue weighted by molar-refractivity contribution is 5.89. The SMILES string of the molecule is CNC(=O)C(NC(=O)CN(C)C(C)c1cccc(O)c1)c1ccccc1. The standard InChI is InChI=1S/C20H25N3O3/c1-14(16-10-7-11-17(24)12-16)23(3)13-18(25)22-19(20(26)21-2)15-8-5-4-6-9-15/h4-12,14,19,24H,13H2,1-3H3,(H,21,26)(H,22,25). The van der Waals surface area contributed by atoms with Crippen molar-refractivity contribution in [2.45, 2.75) is 19.0 Å². The first-order valence-corrected chi connectivity index (χ1v) is 8.47. The van der Waals surface area contributed by atoms with Gasteiger partial charge < -0.3 is 15.7 Å². The molecule has 3 N–H and O–H groups in total. The summed E-state index contributed by atoms with van der Waals surface area (Å²) in [7, 11) is 3.37. The van der Waals surface area contributed by atoms with Gasteiger partial charge in [-0.3, -0.25) is 14.5 Å². The first-order chi connectivity index (χ1) is 12.4. The molecule has 0 fully saturated rings. The second-order valence-electron chi connectivity index (χ2n) is 6.21. The van der Waals surface area contributed by atoms with Crippen LogP contribution in [-0.2, 0) is 9.59 Å². The zero-order valence-electron chi connectivity index (χ0n) is 15.3. The number of carbonyl (C=O) groups excluding carboxylic acids is 2. The minimum Gasteiger partial charge on any atom is -0.508 e. The third-order valence-corrected chi connectivity index (χ3v) is 4.35. The first-order valence-electron chi connectivity index (χ1n) is 8.47. The first kappa shape index (κ1) is 19.5. The zero-order valence-corrected chi connectivity index (χ0v) is 15.3. The van der Waals surface area contributed by atoms with E-state index in [1.165, 1.54) is 0 Å².